The van der Waals surface area contributed by atoms with Crippen LogP contribution in [0.1, 0.15) is 16.1 Å². The fourth-order valence-electron chi connectivity index (χ4n) is 3.03. The zero-order valence-electron chi connectivity index (χ0n) is 12.7. The van der Waals surface area contributed by atoms with Crippen LogP contribution in [0.15, 0.2) is 16.7 Å². The van der Waals surface area contributed by atoms with Gasteiger partial charge in [0, 0.05) is 31.7 Å². The van der Waals surface area contributed by atoms with Crippen molar-refractivity contribution >= 4 is 5.91 Å². The molecule has 1 aromatic heterocycles. The van der Waals surface area contributed by atoms with Crippen molar-refractivity contribution in [1.29, 1.82) is 0 Å². The Hall–Kier alpha value is -1.37. The lowest BCUT2D eigenvalue weighted by atomic mass is 10.1. The maximum Gasteiger partial charge on any atom is 0.287 e. The second-order valence-corrected chi connectivity index (χ2v) is 5.96. The Balaban J connectivity index is 1.62. The number of amides is 1. The smallest absolute Gasteiger partial charge is 0.287 e. The number of carbonyl (C=O) groups excluding carboxylic acids is 1. The van der Waals surface area contributed by atoms with E-state index in [2.05, 4.69) is 22.2 Å². The average Bonchev–Trinajstić information content (AvgIpc) is 3.09. The van der Waals surface area contributed by atoms with Gasteiger partial charge in [0.05, 0.1) is 31.6 Å². The molecule has 1 amide bonds. The van der Waals surface area contributed by atoms with Crippen LogP contribution in [0.2, 0.25) is 0 Å². The monoisotopic (exact) mass is 293 g/mol. The van der Waals surface area contributed by atoms with Crippen molar-refractivity contribution in [3.05, 3.63) is 23.7 Å². The highest BCUT2D eigenvalue weighted by Gasteiger charge is 2.35. The first-order valence-electron chi connectivity index (χ1n) is 7.50. The molecule has 0 spiro atoms. The highest BCUT2D eigenvalue weighted by atomic mass is 16.5. The summed E-state index contributed by atoms with van der Waals surface area (Å²) >= 11 is 0. The first-order valence-corrected chi connectivity index (χ1v) is 7.50. The molecular formula is C15H23N3O3. The lowest BCUT2D eigenvalue weighted by Gasteiger charge is -2.37. The first-order chi connectivity index (χ1) is 10.1. The number of nitrogens with zero attached hydrogens (tertiary/aromatic N) is 2. The molecule has 0 aliphatic carbocycles. The third-order valence-corrected chi connectivity index (χ3v) is 4.44. The van der Waals surface area contributed by atoms with Gasteiger partial charge in [0.2, 0.25) is 0 Å². The number of hydrogen-bond acceptors (Lipinski definition) is 5. The number of piperazine rings is 1. The van der Waals surface area contributed by atoms with E-state index in [4.69, 9.17) is 9.15 Å². The second-order valence-electron chi connectivity index (χ2n) is 5.96. The number of nitrogens with one attached hydrogen (secondary N) is 1. The zero-order valence-corrected chi connectivity index (χ0v) is 12.7. The molecule has 2 aliphatic rings. The molecule has 0 bridgehead atoms. The summed E-state index contributed by atoms with van der Waals surface area (Å²) in [4.78, 5) is 17.0. The zero-order chi connectivity index (χ0) is 14.8. The van der Waals surface area contributed by atoms with Gasteiger partial charge in [0.25, 0.3) is 5.91 Å². The Bertz CT molecular complexity index is 494. The number of ether oxygens (including phenoxy) is 1. The van der Waals surface area contributed by atoms with Crippen LogP contribution < -0.4 is 5.32 Å². The van der Waals surface area contributed by atoms with Gasteiger partial charge in [0.1, 0.15) is 0 Å². The number of carbonyl (C=O) groups is 1. The summed E-state index contributed by atoms with van der Waals surface area (Å²) < 4.78 is 10.9. The molecule has 3 heterocycles. The molecule has 2 atom stereocenters. The van der Waals surface area contributed by atoms with Crippen LogP contribution in [0, 0.1) is 6.92 Å². The van der Waals surface area contributed by atoms with Crippen LogP contribution in [-0.2, 0) is 4.74 Å². The summed E-state index contributed by atoms with van der Waals surface area (Å²) in [7, 11) is 2.14. The summed E-state index contributed by atoms with van der Waals surface area (Å²) in [5.41, 5.74) is 0.863. The molecule has 1 N–H and O–H groups in total. The van der Waals surface area contributed by atoms with E-state index < -0.39 is 0 Å². The van der Waals surface area contributed by atoms with Gasteiger partial charge < -0.3 is 19.4 Å². The molecule has 2 fully saturated rings. The van der Waals surface area contributed by atoms with Crippen molar-refractivity contribution in [3.63, 3.8) is 0 Å². The van der Waals surface area contributed by atoms with E-state index >= 15 is 0 Å². The average molecular weight is 293 g/mol. The van der Waals surface area contributed by atoms with Crippen molar-refractivity contribution in [1.82, 2.24) is 15.1 Å². The summed E-state index contributed by atoms with van der Waals surface area (Å²) in [6.07, 6.45) is 1.55. The predicted molar refractivity (Wildman–Crippen MR) is 78.4 cm³/mol. The maximum atomic E-state index is 12.3. The molecular weight excluding hydrogens is 270 g/mol. The normalized spacial score (nSPS) is 27.9. The molecule has 0 aromatic carbocycles. The van der Waals surface area contributed by atoms with Crippen LogP contribution >= 0.6 is 0 Å². The van der Waals surface area contributed by atoms with Gasteiger partial charge in [0.15, 0.2) is 5.76 Å². The Morgan fingerprint density at radius 2 is 2.05 bits per heavy atom. The molecule has 6 heteroatoms. The van der Waals surface area contributed by atoms with Crippen molar-refractivity contribution in [2.24, 2.45) is 0 Å². The third kappa shape index (κ3) is 3.12. The summed E-state index contributed by atoms with van der Waals surface area (Å²) in [6, 6.07) is 2.10. The minimum Gasteiger partial charge on any atom is -0.459 e. The summed E-state index contributed by atoms with van der Waals surface area (Å²) in [5.74, 6) is 0.256. The molecule has 0 saturated carbocycles. The number of likely N-dealkylation sites (N-methyl/N-ethyl adjacent to an activating group) is 1. The van der Waals surface area contributed by atoms with Gasteiger partial charge in [-0.05, 0) is 20.0 Å². The highest BCUT2D eigenvalue weighted by Crippen LogP contribution is 2.17. The van der Waals surface area contributed by atoms with Crippen molar-refractivity contribution in [3.8, 4) is 0 Å². The van der Waals surface area contributed by atoms with Crippen molar-refractivity contribution < 1.29 is 13.9 Å². The molecule has 1 aromatic rings. The van der Waals surface area contributed by atoms with E-state index in [0.717, 1.165) is 31.7 Å². The minimum absolute atomic E-state index is 0.0328. The Labute approximate surface area is 125 Å². The Morgan fingerprint density at radius 3 is 2.71 bits per heavy atom. The first kappa shape index (κ1) is 14.6. The molecule has 0 radical (unpaired) electrons. The maximum absolute atomic E-state index is 12.3. The molecule has 21 heavy (non-hydrogen) atoms. The van der Waals surface area contributed by atoms with Gasteiger partial charge in [-0.1, -0.05) is 0 Å². The van der Waals surface area contributed by atoms with Crippen LogP contribution in [0.3, 0.4) is 0 Å². The van der Waals surface area contributed by atoms with Gasteiger partial charge >= 0.3 is 0 Å². The van der Waals surface area contributed by atoms with E-state index in [-0.39, 0.29) is 18.0 Å². The summed E-state index contributed by atoms with van der Waals surface area (Å²) in [5, 5.41) is 3.07. The van der Waals surface area contributed by atoms with Gasteiger partial charge in [-0.2, -0.15) is 0 Å². The van der Waals surface area contributed by atoms with Crippen LogP contribution in [0.5, 0.6) is 0 Å². The number of rotatable bonds is 3. The van der Waals surface area contributed by atoms with E-state index in [1.165, 1.54) is 0 Å². The predicted octanol–water partition coefficient (Wildman–Crippen LogP) is 0.333. The summed E-state index contributed by atoms with van der Waals surface area (Å²) in [6.45, 7) is 7.31. The largest absolute Gasteiger partial charge is 0.459 e. The molecule has 116 valence electrons. The SMILES string of the molecule is Cc1ccoc1C(=O)N[C@H]1COC[C@@H]1N1CCN(C)CC1. The minimum atomic E-state index is -0.146. The van der Waals surface area contributed by atoms with Crippen LogP contribution in [-0.4, -0.2) is 74.2 Å². The van der Waals surface area contributed by atoms with E-state index in [9.17, 15) is 4.79 Å². The van der Waals surface area contributed by atoms with Crippen LogP contribution in [0.4, 0.5) is 0 Å². The standard InChI is InChI=1S/C15H23N3O3/c1-11-3-8-21-14(11)15(19)16-12-9-20-10-13(12)18-6-4-17(2)5-7-18/h3,8,12-13H,4-7,9-10H2,1-2H3,(H,16,19)/t12-,13-/m0/s1. The highest BCUT2D eigenvalue weighted by molar-refractivity contribution is 5.93. The fraction of sp³-hybridized carbons (Fsp3) is 0.667. The van der Waals surface area contributed by atoms with Gasteiger partial charge in [-0.15, -0.1) is 0 Å². The Kier molecular flexibility index (Phi) is 4.28. The Morgan fingerprint density at radius 1 is 1.29 bits per heavy atom. The van der Waals surface area contributed by atoms with Crippen molar-refractivity contribution in [2.75, 3.05) is 46.4 Å². The van der Waals surface area contributed by atoms with Gasteiger partial charge in [-0.3, -0.25) is 9.69 Å². The van der Waals surface area contributed by atoms with E-state index in [0.29, 0.717) is 19.0 Å². The molecule has 0 unspecified atom stereocenters. The third-order valence-electron chi connectivity index (χ3n) is 4.44. The van der Waals surface area contributed by atoms with E-state index in [1.807, 2.05) is 6.92 Å². The van der Waals surface area contributed by atoms with Gasteiger partial charge in [-0.25, -0.2) is 0 Å². The number of aryl methyl sites for hydroxylation is 1. The molecule has 6 nitrogen and oxygen atoms in total. The molecule has 2 aliphatic heterocycles. The quantitative estimate of drug-likeness (QED) is 0.870. The molecule has 2 saturated heterocycles. The van der Waals surface area contributed by atoms with Crippen molar-refractivity contribution in [2.45, 2.75) is 19.0 Å². The topological polar surface area (TPSA) is 58.0 Å². The lowest BCUT2D eigenvalue weighted by molar-refractivity contribution is 0.0811. The van der Waals surface area contributed by atoms with E-state index in [1.54, 1.807) is 12.3 Å². The second kappa shape index (κ2) is 6.17. The lowest BCUT2D eigenvalue weighted by Crippen LogP contribution is -2.56. The molecule has 3 rings (SSSR count). The fourth-order valence-corrected chi connectivity index (χ4v) is 3.03. The van der Waals surface area contributed by atoms with Crippen LogP contribution in [0.25, 0.3) is 0 Å². The number of hydrogen-bond donors (Lipinski definition) is 1. The number of furan rings is 1.